The van der Waals surface area contributed by atoms with Crippen LogP contribution in [0.3, 0.4) is 0 Å². The van der Waals surface area contributed by atoms with E-state index in [-0.39, 0.29) is 0 Å². The van der Waals surface area contributed by atoms with Crippen LogP contribution in [0, 0.1) is 5.92 Å². The van der Waals surface area contributed by atoms with Gasteiger partial charge in [0.15, 0.2) is 0 Å². The molecule has 3 heterocycles. The smallest absolute Gasteiger partial charge is 0.236 e. The quantitative estimate of drug-likeness (QED) is 0.845. The van der Waals surface area contributed by atoms with Gasteiger partial charge < -0.3 is 4.42 Å². The highest BCUT2D eigenvalue weighted by Gasteiger charge is 2.17. The van der Waals surface area contributed by atoms with Crippen molar-refractivity contribution in [2.45, 2.75) is 26.3 Å². The van der Waals surface area contributed by atoms with E-state index in [9.17, 15) is 0 Å². The molecule has 96 valence electrons. The fourth-order valence-corrected chi connectivity index (χ4v) is 3.00. The van der Waals surface area contributed by atoms with E-state index in [2.05, 4.69) is 16.8 Å². The molecule has 0 atom stereocenters. The molecule has 0 aromatic carbocycles. The standard InChI is InChI=1S/C14H18N2OS/c1-11-4-6-16(7-5-11)9-12-10-17-14(15-12)13-3-2-8-18-13/h2-3,8,10-11H,4-7,9H2,1H3. The van der Waals surface area contributed by atoms with Gasteiger partial charge in [-0.15, -0.1) is 11.3 Å². The van der Waals surface area contributed by atoms with Crippen LogP contribution in [0.4, 0.5) is 0 Å². The zero-order valence-corrected chi connectivity index (χ0v) is 11.4. The molecule has 3 rings (SSSR count). The predicted octanol–water partition coefficient (Wildman–Crippen LogP) is 3.64. The van der Waals surface area contributed by atoms with E-state index in [1.54, 1.807) is 17.6 Å². The summed E-state index contributed by atoms with van der Waals surface area (Å²) in [7, 11) is 0. The van der Waals surface area contributed by atoms with Gasteiger partial charge in [-0.25, -0.2) is 4.98 Å². The van der Waals surface area contributed by atoms with Crippen LogP contribution in [0.2, 0.25) is 0 Å². The zero-order chi connectivity index (χ0) is 12.4. The molecule has 3 nitrogen and oxygen atoms in total. The van der Waals surface area contributed by atoms with E-state index in [0.717, 1.165) is 28.9 Å². The molecule has 1 saturated heterocycles. The van der Waals surface area contributed by atoms with Crippen LogP contribution in [-0.4, -0.2) is 23.0 Å². The molecule has 1 aliphatic rings. The number of hydrogen-bond donors (Lipinski definition) is 0. The van der Waals surface area contributed by atoms with Crippen molar-refractivity contribution in [1.29, 1.82) is 0 Å². The highest BCUT2D eigenvalue weighted by molar-refractivity contribution is 7.13. The average Bonchev–Trinajstić information content (AvgIpc) is 3.02. The molecule has 2 aromatic rings. The van der Waals surface area contributed by atoms with Crippen LogP contribution >= 0.6 is 11.3 Å². The van der Waals surface area contributed by atoms with Gasteiger partial charge in [0.05, 0.1) is 10.6 Å². The Labute approximate surface area is 111 Å². The van der Waals surface area contributed by atoms with Crippen LogP contribution in [0.1, 0.15) is 25.5 Å². The number of nitrogens with zero attached hydrogens (tertiary/aromatic N) is 2. The van der Waals surface area contributed by atoms with Crippen LogP contribution in [0.25, 0.3) is 10.8 Å². The number of likely N-dealkylation sites (tertiary alicyclic amines) is 1. The third-order valence-corrected chi connectivity index (χ3v) is 4.40. The van der Waals surface area contributed by atoms with Gasteiger partial charge in [-0.3, -0.25) is 4.90 Å². The summed E-state index contributed by atoms with van der Waals surface area (Å²) < 4.78 is 5.54. The number of oxazole rings is 1. The van der Waals surface area contributed by atoms with Gasteiger partial charge in [0.1, 0.15) is 6.26 Å². The molecule has 1 fully saturated rings. The van der Waals surface area contributed by atoms with Gasteiger partial charge >= 0.3 is 0 Å². The molecular weight excluding hydrogens is 244 g/mol. The van der Waals surface area contributed by atoms with Crippen LogP contribution < -0.4 is 0 Å². The van der Waals surface area contributed by atoms with Gasteiger partial charge in [-0.2, -0.15) is 0 Å². The van der Waals surface area contributed by atoms with Crippen molar-refractivity contribution in [3.63, 3.8) is 0 Å². The summed E-state index contributed by atoms with van der Waals surface area (Å²) in [5.74, 6) is 1.63. The Morgan fingerprint density at radius 2 is 2.28 bits per heavy atom. The second kappa shape index (κ2) is 5.24. The summed E-state index contributed by atoms with van der Waals surface area (Å²) in [6.45, 7) is 5.62. The summed E-state index contributed by atoms with van der Waals surface area (Å²) in [6, 6.07) is 4.07. The Kier molecular flexibility index (Phi) is 3.48. The lowest BCUT2D eigenvalue weighted by molar-refractivity contribution is 0.183. The first-order valence-corrected chi connectivity index (χ1v) is 7.40. The van der Waals surface area contributed by atoms with Crippen molar-refractivity contribution in [1.82, 2.24) is 9.88 Å². The second-order valence-electron chi connectivity index (χ2n) is 5.08. The molecule has 18 heavy (non-hydrogen) atoms. The molecule has 0 unspecified atom stereocenters. The van der Waals surface area contributed by atoms with Gasteiger partial charge in [-0.1, -0.05) is 13.0 Å². The lowest BCUT2D eigenvalue weighted by atomic mass is 9.99. The average molecular weight is 262 g/mol. The van der Waals surface area contributed by atoms with E-state index in [0.29, 0.717) is 0 Å². The molecule has 0 saturated carbocycles. The lowest BCUT2D eigenvalue weighted by Crippen LogP contribution is -2.32. The topological polar surface area (TPSA) is 29.3 Å². The Morgan fingerprint density at radius 3 is 3.00 bits per heavy atom. The monoisotopic (exact) mass is 262 g/mol. The van der Waals surface area contributed by atoms with Crippen LogP contribution in [0.5, 0.6) is 0 Å². The normalized spacial score (nSPS) is 18.3. The number of piperidine rings is 1. The van der Waals surface area contributed by atoms with Crippen molar-refractivity contribution >= 4 is 11.3 Å². The maximum atomic E-state index is 5.54. The Balaban J connectivity index is 1.64. The first-order chi connectivity index (χ1) is 8.81. The van der Waals surface area contributed by atoms with Gasteiger partial charge in [0.25, 0.3) is 0 Å². The number of hydrogen-bond acceptors (Lipinski definition) is 4. The first-order valence-electron chi connectivity index (χ1n) is 6.52. The zero-order valence-electron chi connectivity index (χ0n) is 10.6. The fourth-order valence-electron chi connectivity index (χ4n) is 2.34. The largest absolute Gasteiger partial charge is 0.444 e. The highest BCUT2D eigenvalue weighted by Crippen LogP contribution is 2.24. The van der Waals surface area contributed by atoms with E-state index in [1.165, 1.54) is 25.9 Å². The Morgan fingerprint density at radius 1 is 1.44 bits per heavy atom. The molecule has 4 heteroatoms. The van der Waals surface area contributed by atoms with E-state index >= 15 is 0 Å². The predicted molar refractivity (Wildman–Crippen MR) is 73.5 cm³/mol. The summed E-state index contributed by atoms with van der Waals surface area (Å²) in [5.41, 5.74) is 1.05. The van der Waals surface area contributed by atoms with Crippen molar-refractivity contribution in [2.75, 3.05) is 13.1 Å². The molecule has 0 bridgehead atoms. The van der Waals surface area contributed by atoms with Gasteiger partial charge in [-0.05, 0) is 43.3 Å². The fraction of sp³-hybridized carbons (Fsp3) is 0.500. The molecule has 0 amide bonds. The molecule has 0 aliphatic carbocycles. The van der Waals surface area contributed by atoms with Crippen molar-refractivity contribution in [2.24, 2.45) is 5.92 Å². The first kappa shape index (κ1) is 11.9. The molecule has 0 radical (unpaired) electrons. The molecule has 0 N–H and O–H groups in total. The Bertz CT molecular complexity index is 484. The maximum absolute atomic E-state index is 5.54. The molecular formula is C14H18N2OS. The van der Waals surface area contributed by atoms with Crippen LogP contribution in [-0.2, 0) is 6.54 Å². The highest BCUT2D eigenvalue weighted by atomic mass is 32.1. The SMILES string of the molecule is CC1CCN(Cc2coc(-c3cccs3)n2)CC1. The van der Waals surface area contributed by atoms with Gasteiger partial charge in [0, 0.05) is 6.54 Å². The van der Waals surface area contributed by atoms with Crippen molar-refractivity contribution < 1.29 is 4.42 Å². The van der Waals surface area contributed by atoms with Crippen molar-refractivity contribution in [3.05, 3.63) is 29.5 Å². The third-order valence-electron chi connectivity index (χ3n) is 3.55. The number of thiophene rings is 1. The molecule has 0 spiro atoms. The lowest BCUT2D eigenvalue weighted by Gasteiger charge is -2.29. The minimum absolute atomic E-state index is 0.755. The number of aromatic nitrogens is 1. The summed E-state index contributed by atoms with van der Waals surface area (Å²) in [6.07, 6.45) is 4.40. The Hall–Kier alpha value is -1.13. The minimum atomic E-state index is 0.755. The second-order valence-corrected chi connectivity index (χ2v) is 6.03. The molecule has 2 aromatic heterocycles. The summed E-state index contributed by atoms with van der Waals surface area (Å²) in [4.78, 5) is 8.14. The van der Waals surface area contributed by atoms with E-state index in [1.807, 2.05) is 17.5 Å². The van der Waals surface area contributed by atoms with Crippen LogP contribution in [0.15, 0.2) is 28.2 Å². The van der Waals surface area contributed by atoms with E-state index in [4.69, 9.17) is 4.42 Å². The summed E-state index contributed by atoms with van der Waals surface area (Å²) >= 11 is 1.67. The minimum Gasteiger partial charge on any atom is -0.444 e. The van der Waals surface area contributed by atoms with Gasteiger partial charge in [0.2, 0.25) is 5.89 Å². The molecule has 1 aliphatic heterocycles. The summed E-state index contributed by atoms with van der Waals surface area (Å²) in [5, 5.41) is 2.05. The van der Waals surface area contributed by atoms with Crippen molar-refractivity contribution in [3.8, 4) is 10.8 Å². The number of rotatable bonds is 3. The maximum Gasteiger partial charge on any atom is 0.236 e. The van der Waals surface area contributed by atoms with E-state index < -0.39 is 0 Å². The third kappa shape index (κ3) is 2.65.